The molecule has 0 bridgehead atoms. The minimum absolute atomic E-state index is 0.149. The van der Waals surface area contributed by atoms with Gasteiger partial charge in [-0.3, -0.25) is 9.59 Å². The lowest BCUT2D eigenvalue weighted by molar-refractivity contribution is 0.0980. The molecule has 0 aromatic heterocycles. The highest BCUT2D eigenvalue weighted by Gasteiger charge is 2.33. The Morgan fingerprint density at radius 3 is 2.07 bits per heavy atom. The zero-order valence-electron chi connectivity index (χ0n) is 14.9. The van der Waals surface area contributed by atoms with Gasteiger partial charge in [0.25, 0.3) is 0 Å². The van der Waals surface area contributed by atoms with Gasteiger partial charge in [0.05, 0.1) is 16.8 Å². The van der Waals surface area contributed by atoms with E-state index < -0.39 is 0 Å². The Morgan fingerprint density at radius 1 is 0.815 bits per heavy atom. The molecule has 1 aliphatic carbocycles. The molecule has 5 nitrogen and oxygen atoms in total. The third-order valence-corrected chi connectivity index (χ3v) is 4.79. The topological polar surface area (TPSA) is 84.2 Å². The largest absolute Gasteiger partial charge is 0.388 e. The molecule has 0 atom stereocenters. The quantitative estimate of drug-likeness (QED) is 0.518. The number of carbonyl (C=O) groups excluding carboxylic acids is 2. The molecule has 0 saturated heterocycles. The summed E-state index contributed by atoms with van der Waals surface area (Å²) >= 11 is 0. The first kappa shape index (κ1) is 17.0. The highest BCUT2D eigenvalue weighted by atomic mass is 16.1. The third-order valence-electron chi connectivity index (χ3n) is 4.79. The van der Waals surface area contributed by atoms with Gasteiger partial charge >= 0.3 is 0 Å². The molecule has 0 heterocycles. The first-order valence-electron chi connectivity index (χ1n) is 8.73. The maximum absolute atomic E-state index is 13.2. The van der Waals surface area contributed by atoms with Gasteiger partial charge in [-0.2, -0.15) is 0 Å². The van der Waals surface area contributed by atoms with Crippen LogP contribution in [-0.4, -0.2) is 18.6 Å². The van der Waals surface area contributed by atoms with Crippen molar-refractivity contribution in [1.82, 2.24) is 0 Å². The molecule has 4 N–H and O–H groups in total. The predicted octanol–water partition coefficient (Wildman–Crippen LogP) is 3.71. The van der Waals surface area contributed by atoms with E-state index in [4.69, 9.17) is 5.73 Å². The third kappa shape index (κ3) is 2.78. The normalized spacial score (nSPS) is 12.4. The van der Waals surface area contributed by atoms with Crippen LogP contribution in [-0.2, 0) is 6.54 Å². The van der Waals surface area contributed by atoms with Crippen LogP contribution in [0.25, 0.3) is 0 Å². The van der Waals surface area contributed by atoms with Crippen LogP contribution in [0.15, 0.2) is 60.7 Å². The first-order valence-corrected chi connectivity index (χ1v) is 8.73. The van der Waals surface area contributed by atoms with E-state index in [9.17, 15) is 9.59 Å². The van der Waals surface area contributed by atoms with Crippen LogP contribution >= 0.6 is 0 Å². The highest BCUT2D eigenvalue weighted by Crippen LogP contribution is 2.37. The van der Waals surface area contributed by atoms with Gasteiger partial charge in [-0.1, -0.05) is 36.4 Å². The van der Waals surface area contributed by atoms with Crippen molar-refractivity contribution in [3.63, 3.8) is 0 Å². The Bertz CT molecular complexity index is 1070. The second kappa shape index (κ2) is 6.70. The standard InChI is InChI=1S/C22H19N3O2/c1-24-17-9-10-18(25-14-6-4-5-13(11-14)12-23)20-19(17)21(26)15-7-2-3-8-16(15)22(20)27/h2-11,24-25H,12,23H2,1H3. The van der Waals surface area contributed by atoms with E-state index in [1.165, 1.54) is 0 Å². The number of rotatable bonds is 4. The van der Waals surface area contributed by atoms with E-state index in [0.29, 0.717) is 40.2 Å². The predicted molar refractivity (Wildman–Crippen MR) is 107 cm³/mol. The fourth-order valence-corrected chi connectivity index (χ4v) is 3.47. The summed E-state index contributed by atoms with van der Waals surface area (Å²) in [6.07, 6.45) is 0. The van der Waals surface area contributed by atoms with Crippen LogP contribution in [0.2, 0.25) is 0 Å². The fourth-order valence-electron chi connectivity index (χ4n) is 3.47. The summed E-state index contributed by atoms with van der Waals surface area (Å²) in [6.45, 7) is 0.428. The summed E-state index contributed by atoms with van der Waals surface area (Å²) in [4.78, 5) is 26.3. The monoisotopic (exact) mass is 357 g/mol. The number of hydrogen-bond acceptors (Lipinski definition) is 5. The van der Waals surface area contributed by atoms with Crippen LogP contribution in [0.5, 0.6) is 0 Å². The minimum Gasteiger partial charge on any atom is -0.388 e. The molecule has 0 saturated carbocycles. The summed E-state index contributed by atoms with van der Waals surface area (Å²) in [5, 5.41) is 6.31. The number of ketones is 2. The van der Waals surface area contributed by atoms with Gasteiger partial charge < -0.3 is 16.4 Å². The van der Waals surface area contributed by atoms with Crippen molar-refractivity contribution in [3.05, 3.63) is 88.5 Å². The van der Waals surface area contributed by atoms with Crippen molar-refractivity contribution in [1.29, 1.82) is 0 Å². The van der Waals surface area contributed by atoms with Crippen LogP contribution in [0.3, 0.4) is 0 Å². The Kier molecular flexibility index (Phi) is 4.22. The second-order valence-electron chi connectivity index (χ2n) is 6.39. The van der Waals surface area contributed by atoms with Crippen molar-refractivity contribution in [3.8, 4) is 0 Å². The number of fused-ring (bicyclic) bond motifs is 2. The number of benzene rings is 3. The van der Waals surface area contributed by atoms with E-state index >= 15 is 0 Å². The Labute approximate surface area is 157 Å². The summed E-state index contributed by atoms with van der Waals surface area (Å²) in [5.41, 5.74) is 10.4. The summed E-state index contributed by atoms with van der Waals surface area (Å²) in [6, 6.07) is 18.3. The molecular formula is C22H19N3O2. The Hall–Kier alpha value is -3.44. The molecule has 5 heteroatoms. The number of carbonyl (C=O) groups is 2. The number of hydrogen-bond donors (Lipinski definition) is 3. The molecule has 0 aliphatic heterocycles. The van der Waals surface area contributed by atoms with Crippen molar-refractivity contribution in [2.45, 2.75) is 6.54 Å². The van der Waals surface area contributed by atoms with Crippen LogP contribution < -0.4 is 16.4 Å². The summed E-state index contributed by atoms with van der Waals surface area (Å²) < 4.78 is 0. The van der Waals surface area contributed by atoms with Gasteiger partial charge in [-0.25, -0.2) is 0 Å². The van der Waals surface area contributed by atoms with Gasteiger partial charge in [-0.15, -0.1) is 0 Å². The van der Waals surface area contributed by atoms with Gasteiger partial charge in [0.2, 0.25) is 0 Å². The summed E-state index contributed by atoms with van der Waals surface area (Å²) in [5.74, 6) is -0.307. The van der Waals surface area contributed by atoms with Gasteiger partial charge in [-0.05, 0) is 29.8 Å². The Morgan fingerprint density at radius 2 is 1.44 bits per heavy atom. The smallest absolute Gasteiger partial charge is 0.196 e. The fraction of sp³-hybridized carbons (Fsp3) is 0.0909. The van der Waals surface area contributed by atoms with E-state index in [1.54, 1.807) is 31.3 Å². The molecule has 0 fully saturated rings. The maximum atomic E-state index is 13.2. The zero-order valence-corrected chi connectivity index (χ0v) is 14.9. The molecule has 27 heavy (non-hydrogen) atoms. The zero-order chi connectivity index (χ0) is 19.0. The summed E-state index contributed by atoms with van der Waals surface area (Å²) in [7, 11) is 1.74. The second-order valence-corrected chi connectivity index (χ2v) is 6.39. The molecule has 0 spiro atoms. The van der Waals surface area contributed by atoms with Crippen LogP contribution in [0, 0.1) is 0 Å². The van der Waals surface area contributed by atoms with Crippen molar-refractivity contribution in [2.24, 2.45) is 5.73 Å². The van der Waals surface area contributed by atoms with E-state index in [0.717, 1.165) is 11.3 Å². The van der Waals surface area contributed by atoms with Crippen molar-refractivity contribution in [2.75, 3.05) is 17.7 Å². The lowest BCUT2D eigenvalue weighted by atomic mass is 9.82. The lowest BCUT2D eigenvalue weighted by Crippen LogP contribution is -2.23. The molecule has 0 radical (unpaired) electrons. The number of nitrogens with two attached hydrogens (primary N) is 1. The molecule has 0 amide bonds. The average Bonchev–Trinajstić information content (AvgIpc) is 2.72. The van der Waals surface area contributed by atoms with Crippen LogP contribution in [0.1, 0.15) is 37.4 Å². The van der Waals surface area contributed by atoms with Gasteiger partial charge in [0, 0.05) is 36.1 Å². The molecule has 0 unspecified atom stereocenters. The highest BCUT2D eigenvalue weighted by molar-refractivity contribution is 6.32. The molecule has 3 aromatic rings. The molecular weight excluding hydrogens is 338 g/mol. The molecule has 4 rings (SSSR count). The van der Waals surface area contributed by atoms with Gasteiger partial charge in [0.15, 0.2) is 11.6 Å². The van der Waals surface area contributed by atoms with Crippen molar-refractivity contribution < 1.29 is 9.59 Å². The SMILES string of the molecule is CNc1ccc(Nc2cccc(CN)c2)c2c1C(=O)c1ccccc1C2=O. The lowest BCUT2D eigenvalue weighted by Gasteiger charge is -2.23. The molecule has 1 aliphatic rings. The van der Waals surface area contributed by atoms with Gasteiger partial charge in [0.1, 0.15) is 0 Å². The molecule has 134 valence electrons. The average molecular weight is 357 g/mol. The first-order chi connectivity index (χ1) is 13.1. The minimum atomic E-state index is -0.158. The van der Waals surface area contributed by atoms with E-state index in [1.807, 2.05) is 36.4 Å². The number of anilines is 3. The van der Waals surface area contributed by atoms with E-state index in [2.05, 4.69) is 10.6 Å². The molecule has 3 aromatic carbocycles. The Balaban J connectivity index is 1.88. The van der Waals surface area contributed by atoms with Crippen molar-refractivity contribution >= 4 is 28.6 Å². The maximum Gasteiger partial charge on any atom is 0.196 e. The van der Waals surface area contributed by atoms with Crippen LogP contribution in [0.4, 0.5) is 17.1 Å². The number of nitrogens with one attached hydrogen (secondary N) is 2. The van der Waals surface area contributed by atoms with E-state index in [-0.39, 0.29) is 11.6 Å².